The van der Waals surface area contributed by atoms with Gasteiger partial charge in [-0.25, -0.2) is 0 Å². The van der Waals surface area contributed by atoms with Gasteiger partial charge in [0.15, 0.2) is 0 Å². The van der Waals surface area contributed by atoms with Crippen molar-refractivity contribution in [1.82, 2.24) is 0 Å². The van der Waals surface area contributed by atoms with Crippen molar-refractivity contribution in [2.75, 3.05) is 0 Å². The minimum Gasteiger partial charge on any atom is -0.393 e. The van der Waals surface area contributed by atoms with E-state index in [1.165, 1.54) is 24.8 Å². The number of ketones is 1. The number of rotatable bonds is 1. The van der Waals surface area contributed by atoms with Gasteiger partial charge in [-0.2, -0.15) is 0 Å². The summed E-state index contributed by atoms with van der Waals surface area (Å²) < 4.78 is 0. The van der Waals surface area contributed by atoms with Crippen LogP contribution in [0.5, 0.6) is 0 Å². The second-order valence-corrected chi connectivity index (χ2v) is 9.06. The summed E-state index contributed by atoms with van der Waals surface area (Å²) >= 11 is 0. The molecule has 0 bridgehead atoms. The van der Waals surface area contributed by atoms with E-state index in [9.17, 15) is 9.90 Å². The summed E-state index contributed by atoms with van der Waals surface area (Å²) in [5, 5.41) is 10.0. The molecule has 0 aromatic carbocycles. The van der Waals surface area contributed by atoms with E-state index in [0.717, 1.165) is 25.7 Å². The van der Waals surface area contributed by atoms with Crippen LogP contribution < -0.4 is 0 Å². The molecule has 126 valence electrons. The van der Waals surface area contributed by atoms with Crippen molar-refractivity contribution in [3.05, 3.63) is 23.3 Å². The van der Waals surface area contributed by atoms with Crippen molar-refractivity contribution < 1.29 is 9.90 Å². The topological polar surface area (TPSA) is 37.3 Å². The Bertz CT molecular complexity index is 601. The maximum atomic E-state index is 12.1. The molecule has 0 radical (unpaired) electrons. The fraction of sp³-hybridized carbons (Fsp3) is 0.762. The lowest BCUT2D eigenvalue weighted by Gasteiger charge is -2.54. The summed E-state index contributed by atoms with van der Waals surface area (Å²) in [5.41, 5.74) is 3.53. The van der Waals surface area contributed by atoms with Gasteiger partial charge in [-0.3, -0.25) is 4.79 Å². The van der Waals surface area contributed by atoms with Crippen LogP contribution in [-0.4, -0.2) is 17.0 Å². The van der Waals surface area contributed by atoms with E-state index in [1.807, 2.05) is 0 Å². The molecule has 2 heteroatoms. The fourth-order valence-corrected chi connectivity index (χ4v) is 6.65. The van der Waals surface area contributed by atoms with Gasteiger partial charge in [-0.05, 0) is 74.5 Å². The first kappa shape index (κ1) is 15.6. The zero-order valence-corrected chi connectivity index (χ0v) is 14.8. The molecule has 0 aliphatic heterocycles. The Labute approximate surface area is 140 Å². The van der Waals surface area contributed by atoms with Crippen LogP contribution in [0.3, 0.4) is 0 Å². The normalized spacial score (nSPS) is 48.7. The number of hydrogen-bond donors (Lipinski definition) is 1. The number of fused-ring (bicyclic) bond motifs is 5. The molecule has 0 heterocycles. The summed E-state index contributed by atoms with van der Waals surface area (Å²) in [6, 6.07) is 0. The standard InChI is InChI=1S/C21H30O2/c1-13(22)17-6-7-18-16-5-4-14-12-15(23)8-10-20(14,2)19(16)9-11-21(17,18)3/h4-5,15,17-19,23H,6-12H2,1-3H3/t15-,17+,18-,19+,20-,21+/m0/s1. The van der Waals surface area contributed by atoms with Crippen LogP contribution in [0.4, 0.5) is 0 Å². The van der Waals surface area contributed by atoms with Gasteiger partial charge in [0.25, 0.3) is 0 Å². The highest BCUT2D eigenvalue weighted by atomic mass is 16.3. The number of allylic oxidation sites excluding steroid dienone is 3. The highest BCUT2D eigenvalue weighted by Crippen LogP contribution is 2.64. The van der Waals surface area contributed by atoms with Gasteiger partial charge in [-0.1, -0.05) is 37.1 Å². The SMILES string of the molecule is CC(=O)[C@H]1CC[C@H]2C3=CC=C4C[C@@H](O)CC[C@]4(C)[C@@H]3CC[C@]12C. The van der Waals surface area contributed by atoms with Gasteiger partial charge in [0.1, 0.15) is 5.78 Å². The van der Waals surface area contributed by atoms with E-state index in [1.54, 1.807) is 12.5 Å². The molecule has 0 amide bonds. The van der Waals surface area contributed by atoms with Crippen LogP contribution in [0.15, 0.2) is 23.3 Å². The molecule has 6 atom stereocenters. The Kier molecular flexibility index (Phi) is 3.43. The van der Waals surface area contributed by atoms with Gasteiger partial charge in [-0.15, -0.1) is 0 Å². The molecule has 0 spiro atoms. The van der Waals surface area contributed by atoms with Gasteiger partial charge in [0, 0.05) is 5.92 Å². The summed E-state index contributed by atoms with van der Waals surface area (Å²) in [7, 11) is 0. The third-order valence-electron chi connectivity index (χ3n) is 8.04. The van der Waals surface area contributed by atoms with Crippen LogP contribution in [0.2, 0.25) is 0 Å². The maximum Gasteiger partial charge on any atom is 0.133 e. The number of Topliss-reactive ketones (excluding diaryl/α,β-unsaturated/α-hetero) is 1. The van der Waals surface area contributed by atoms with Gasteiger partial charge >= 0.3 is 0 Å². The summed E-state index contributed by atoms with van der Waals surface area (Å²) in [4.78, 5) is 12.1. The van der Waals surface area contributed by atoms with Crippen LogP contribution in [-0.2, 0) is 4.79 Å². The van der Waals surface area contributed by atoms with Crippen molar-refractivity contribution in [3.63, 3.8) is 0 Å². The third-order valence-corrected chi connectivity index (χ3v) is 8.04. The highest BCUT2D eigenvalue weighted by molar-refractivity contribution is 5.79. The van der Waals surface area contributed by atoms with Gasteiger partial charge in [0.05, 0.1) is 6.10 Å². The van der Waals surface area contributed by atoms with Crippen molar-refractivity contribution in [2.24, 2.45) is 28.6 Å². The van der Waals surface area contributed by atoms with E-state index in [-0.39, 0.29) is 22.9 Å². The molecule has 23 heavy (non-hydrogen) atoms. The first-order valence-corrected chi connectivity index (χ1v) is 9.46. The average Bonchev–Trinajstić information content (AvgIpc) is 2.85. The molecule has 4 aliphatic carbocycles. The molecular formula is C21H30O2. The molecule has 0 unspecified atom stereocenters. The second kappa shape index (κ2) is 5.05. The molecule has 3 saturated carbocycles. The Hall–Kier alpha value is -0.890. The monoisotopic (exact) mass is 314 g/mol. The number of aliphatic hydroxyl groups is 1. The Balaban J connectivity index is 1.72. The van der Waals surface area contributed by atoms with Crippen molar-refractivity contribution in [1.29, 1.82) is 0 Å². The van der Waals surface area contributed by atoms with E-state index in [4.69, 9.17) is 0 Å². The van der Waals surface area contributed by atoms with E-state index in [2.05, 4.69) is 26.0 Å². The van der Waals surface area contributed by atoms with Crippen molar-refractivity contribution >= 4 is 5.78 Å². The van der Waals surface area contributed by atoms with E-state index >= 15 is 0 Å². The Morgan fingerprint density at radius 1 is 1.09 bits per heavy atom. The fourth-order valence-electron chi connectivity index (χ4n) is 6.65. The molecule has 4 aliphatic rings. The first-order valence-electron chi connectivity index (χ1n) is 9.46. The first-order chi connectivity index (χ1) is 10.9. The van der Waals surface area contributed by atoms with Crippen LogP contribution in [0, 0.1) is 28.6 Å². The molecule has 0 aromatic rings. The predicted molar refractivity (Wildman–Crippen MR) is 91.9 cm³/mol. The summed E-state index contributed by atoms with van der Waals surface area (Å²) in [6.45, 7) is 6.60. The quantitative estimate of drug-likeness (QED) is 0.777. The molecule has 0 saturated heterocycles. The number of carbonyl (C=O) groups excluding carboxylic acids is 1. The molecule has 0 aromatic heterocycles. The van der Waals surface area contributed by atoms with Gasteiger partial charge < -0.3 is 5.11 Å². The predicted octanol–water partition coefficient (Wildman–Crippen LogP) is 4.44. The minimum absolute atomic E-state index is 0.147. The number of aliphatic hydroxyl groups excluding tert-OH is 1. The lowest BCUT2D eigenvalue weighted by atomic mass is 9.50. The zero-order valence-electron chi connectivity index (χ0n) is 14.8. The zero-order chi connectivity index (χ0) is 16.4. The lowest BCUT2D eigenvalue weighted by Crippen LogP contribution is -2.46. The molecule has 4 rings (SSSR count). The maximum absolute atomic E-state index is 12.1. The molecular weight excluding hydrogens is 284 g/mol. The Morgan fingerprint density at radius 3 is 2.61 bits per heavy atom. The van der Waals surface area contributed by atoms with Crippen molar-refractivity contribution in [3.8, 4) is 0 Å². The third kappa shape index (κ3) is 2.06. The van der Waals surface area contributed by atoms with Crippen molar-refractivity contribution in [2.45, 2.75) is 71.8 Å². The second-order valence-electron chi connectivity index (χ2n) is 9.06. The van der Waals surface area contributed by atoms with Crippen LogP contribution in [0.1, 0.15) is 65.7 Å². The minimum atomic E-state index is -0.147. The van der Waals surface area contributed by atoms with Gasteiger partial charge in [0.2, 0.25) is 0 Å². The lowest BCUT2D eigenvalue weighted by molar-refractivity contribution is -0.124. The summed E-state index contributed by atoms with van der Waals surface area (Å²) in [5.74, 6) is 1.89. The molecule has 1 N–H and O–H groups in total. The van der Waals surface area contributed by atoms with E-state index in [0.29, 0.717) is 17.6 Å². The average molecular weight is 314 g/mol. The van der Waals surface area contributed by atoms with Crippen LogP contribution >= 0.6 is 0 Å². The van der Waals surface area contributed by atoms with Crippen LogP contribution in [0.25, 0.3) is 0 Å². The molecule has 3 fully saturated rings. The molecule has 2 nitrogen and oxygen atoms in total. The summed E-state index contributed by atoms with van der Waals surface area (Å²) in [6.07, 6.45) is 12.1. The van der Waals surface area contributed by atoms with E-state index < -0.39 is 0 Å². The number of carbonyl (C=O) groups is 1. The highest BCUT2D eigenvalue weighted by Gasteiger charge is 2.57. The smallest absolute Gasteiger partial charge is 0.133 e. The number of hydrogen-bond acceptors (Lipinski definition) is 2. The Morgan fingerprint density at radius 2 is 1.87 bits per heavy atom. The largest absolute Gasteiger partial charge is 0.393 e.